The van der Waals surface area contributed by atoms with Gasteiger partial charge in [0.1, 0.15) is 12.6 Å². The largest absolute Gasteiger partial charge is 0.352 e. The average Bonchev–Trinajstić information content (AvgIpc) is 3.46. The van der Waals surface area contributed by atoms with Crippen molar-refractivity contribution in [2.24, 2.45) is 0 Å². The Morgan fingerprint density at radius 2 is 1.68 bits per heavy atom. The van der Waals surface area contributed by atoms with Crippen LogP contribution in [0.2, 0.25) is 10.0 Å². The molecule has 1 fully saturated rings. The Labute approximate surface area is 252 Å². The highest BCUT2D eigenvalue weighted by atomic mass is 35.5. The lowest BCUT2D eigenvalue weighted by Crippen LogP contribution is -2.53. The maximum atomic E-state index is 14.2. The summed E-state index contributed by atoms with van der Waals surface area (Å²) in [5.74, 6) is -0.769. The van der Waals surface area contributed by atoms with E-state index in [4.69, 9.17) is 23.2 Å². The van der Waals surface area contributed by atoms with Gasteiger partial charge in [-0.2, -0.15) is 0 Å². The van der Waals surface area contributed by atoms with Crippen LogP contribution >= 0.6 is 23.2 Å². The number of hydrogen-bond donors (Lipinski definition) is 1. The van der Waals surface area contributed by atoms with E-state index in [0.717, 1.165) is 41.1 Å². The smallest absolute Gasteiger partial charge is 0.264 e. The van der Waals surface area contributed by atoms with Gasteiger partial charge in [0.05, 0.1) is 15.6 Å². The molecule has 0 spiro atoms. The molecule has 0 unspecified atom stereocenters. The molecular formula is C31H35Cl2N3O4S. The number of sulfonamides is 1. The Morgan fingerprint density at radius 3 is 2.34 bits per heavy atom. The van der Waals surface area contributed by atoms with Crippen LogP contribution in [0.1, 0.15) is 50.2 Å². The number of aryl methyl sites for hydroxylation is 1. The number of nitrogens with zero attached hydrogens (tertiary/aromatic N) is 2. The summed E-state index contributed by atoms with van der Waals surface area (Å²) in [4.78, 5) is 29.2. The molecule has 4 rings (SSSR count). The molecule has 7 nitrogen and oxygen atoms in total. The van der Waals surface area contributed by atoms with Crippen molar-refractivity contribution in [1.29, 1.82) is 0 Å². The van der Waals surface area contributed by atoms with E-state index in [-0.39, 0.29) is 39.1 Å². The van der Waals surface area contributed by atoms with E-state index in [0.29, 0.717) is 6.42 Å². The number of rotatable bonds is 11. The number of halogens is 2. The SMILES string of the molecule is CC[C@@H](C(=O)NC1CCCC1)N(Cc1cccc(C)c1)C(=O)CN(c1cc(Cl)ccc1Cl)S(=O)(=O)c1ccccc1. The number of amides is 2. The molecule has 10 heteroatoms. The maximum absolute atomic E-state index is 14.2. The first-order valence-corrected chi connectivity index (χ1v) is 16.0. The highest BCUT2D eigenvalue weighted by Crippen LogP contribution is 2.33. The van der Waals surface area contributed by atoms with Crippen LogP contribution in [0.4, 0.5) is 5.69 Å². The summed E-state index contributed by atoms with van der Waals surface area (Å²) >= 11 is 12.7. The molecule has 0 aromatic heterocycles. The van der Waals surface area contributed by atoms with E-state index in [1.54, 1.807) is 24.3 Å². The van der Waals surface area contributed by atoms with Crippen molar-refractivity contribution in [1.82, 2.24) is 10.2 Å². The van der Waals surface area contributed by atoms with Crippen molar-refractivity contribution in [2.45, 2.75) is 69.5 Å². The fraction of sp³-hybridized carbons (Fsp3) is 0.355. The monoisotopic (exact) mass is 615 g/mol. The van der Waals surface area contributed by atoms with E-state index < -0.39 is 28.5 Å². The van der Waals surface area contributed by atoms with Gasteiger partial charge >= 0.3 is 0 Å². The van der Waals surface area contributed by atoms with Gasteiger partial charge in [0.15, 0.2) is 0 Å². The zero-order valence-electron chi connectivity index (χ0n) is 23.2. The van der Waals surface area contributed by atoms with E-state index in [9.17, 15) is 18.0 Å². The molecule has 1 atom stereocenters. The lowest BCUT2D eigenvalue weighted by atomic mass is 10.1. The van der Waals surface area contributed by atoms with Gasteiger partial charge in [-0.3, -0.25) is 13.9 Å². The average molecular weight is 617 g/mol. The molecule has 0 saturated heterocycles. The number of carbonyl (C=O) groups excluding carboxylic acids is 2. The number of anilines is 1. The number of nitrogens with one attached hydrogen (secondary N) is 1. The second kappa shape index (κ2) is 13.7. The molecule has 0 bridgehead atoms. The minimum absolute atomic E-state index is 0.0000873. The highest BCUT2D eigenvalue weighted by molar-refractivity contribution is 7.92. The van der Waals surface area contributed by atoms with Crippen LogP contribution < -0.4 is 9.62 Å². The third-order valence-corrected chi connectivity index (χ3v) is 9.64. The van der Waals surface area contributed by atoms with Crippen LogP contribution in [-0.2, 0) is 26.2 Å². The number of benzene rings is 3. The quantitative estimate of drug-likeness (QED) is 0.272. The second-order valence-corrected chi connectivity index (χ2v) is 13.1. The van der Waals surface area contributed by atoms with E-state index >= 15 is 0 Å². The predicted molar refractivity (Wildman–Crippen MR) is 164 cm³/mol. The second-order valence-electron chi connectivity index (χ2n) is 10.3. The third-order valence-electron chi connectivity index (χ3n) is 7.31. The van der Waals surface area contributed by atoms with E-state index in [2.05, 4.69) is 5.32 Å². The zero-order valence-corrected chi connectivity index (χ0v) is 25.6. The van der Waals surface area contributed by atoms with Gasteiger partial charge < -0.3 is 10.2 Å². The van der Waals surface area contributed by atoms with Crippen molar-refractivity contribution >= 4 is 50.7 Å². The molecule has 0 radical (unpaired) electrons. The fourth-order valence-corrected chi connectivity index (χ4v) is 7.09. The Bertz CT molecular complexity index is 1480. The predicted octanol–water partition coefficient (Wildman–Crippen LogP) is 6.36. The summed E-state index contributed by atoms with van der Waals surface area (Å²) in [5.41, 5.74) is 1.93. The normalized spacial score (nSPS) is 14.4. The van der Waals surface area contributed by atoms with Gasteiger partial charge in [0.25, 0.3) is 10.0 Å². The molecule has 41 heavy (non-hydrogen) atoms. The Morgan fingerprint density at radius 1 is 0.976 bits per heavy atom. The lowest BCUT2D eigenvalue weighted by Gasteiger charge is -2.34. The van der Waals surface area contributed by atoms with Gasteiger partial charge in [-0.1, -0.05) is 91.0 Å². The van der Waals surface area contributed by atoms with Crippen LogP contribution in [-0.4, -0.2) is 43.8 Å². The Balaban J connectivity index is 1.74. The fourth-order valence-electron chi connectivity index (χ4n) is 5.20. The first-order chi connectivity index (χ1) is 19.6. The maximum Gasteiger partial charge on any atom is 0.264 e. The number of hydrogen-bond acceptors (Lipinski definition) is 4. The summed E-state index contributed by atoms with van der Waals surface area (Å²) < 4.78 is 28.8. The molecule has 0 heterocycles. The van der Waals surface area contributed by atoms with E-state index in [1.807, 2.05) is 38.1 Å². The van der Waals surface area contributed by atoms with Gasteiger partial charge in [0, 0.05) is 17.6 Å². The molecule has 2 amide bonds. The standard InChI is InChI=1S/C31H35Cl2N3O4S/c1-3-28(31(38)34-25-12-7-8-13-25)35(20-23-11-9-10-22(2)18-23)30(37)21-36(29-19-24(32)16-17-27(29)33)41(39,40)26-14-5-4-6-15-26/h4-6,9-11,14-19,25,28H,3,7-8,12-13,20-21H2,1-2H3,(H,34,38)/t28-/m0/s1. The molecular weight excluding hydrogens is 581 g/mol. The summed E-state index contributed by atoms with van der Waals surface area (Å²) in [6, 6.07) is 19.3. The van der Waals surface area contributed by atoms with Gasteiger partial charge in [0.2, 0.25) is 11.8 Å². The summed E-state index contributed by atoms with van der Waals surface area (Å²) in [6.07, 6.45) is 4.29. The molecule has 3 aromatic carbocycles. The van der Waals surface area contributed by atoms with Gasteiger partial charge in [-0.25, -0.2) is 8.42 Å². The first kappa shape index (κ1) is 30.9. The van der Waals surface area contributed by atoms with Crippen LogP contribution in [0.25, 0.3) is 0 Å². The molecule has 1 saturated carbocycles. The van der Waals surface area contributed by atoms with Crippen molar-refractivity contribution < 1.29 is 18.0 Å². The first-order valence-electron chi connectivity index (χ1n) is 13.8. The minimum atomic E-state index is -4.23. The Kier molecular flexibility index (Phi) is 10.3. The Hall–Kier alpha value is -3.07. The van der Waals surface area contributed by atoms with Gasteiger partial charge in [-0.15, -0.1) is 0 Å². The molecule has 0 aliphatic heterocycles. The van der Waals surface area contributed by atoms with Crippen LogP contribution in [0.3, 0.4) is 0 Å². The third kappa shape index (κ3) is 7.61. The molecule has 3 aromatic rings. The molecule has 1 aliphatic carbocycles. The van der Waals surface area contributed by atoms with E-state index in [1.165, 1.54) is 29.2 Å². The van der Waals surface area contributed by atoms with Gasteiger partial charge in [-0.05, 0) is 62.1 Å². The lowest BCUT2D eigenvalue weighted by molar-refractivity contribution is -0.140. The van der Waals surface area contributed by atoms with Crippen molar-refractivity contribution in [2.75, 3.05) is 10.8 Å². The summed E-state index contributed by atoms with van der Waals surface area (Å²) in [5, 5.41) is 3.51. The van der Waals surface area contributed by atoms with Crippen LogP contribution in [0.5, 0.6) is 0 Å². The van der Waals surface area contributed by atoms with Crippen LogP contribution in [0, 0.1) is 6.92 Å². The summed E-state index contributed by atoms with van der Waals surface area (Å²) in [6.45, 7) is 3.37. The van der Waals surface area contributed by atoms with Crippen molar-refractivity contribution in [3.05, 3.63) is 94.0 Å². The van der Waals surface area contributed by atoms with Crippen molar-refractivity contribution in [3.63, 3.8) is 0 Å². The topological polar surface area (TPSA) is 86.8 Å². The molecule has 218 valence electrons. The minimum Gasteiger partial charge on any atom is -0.352 e. The van der Waals surface area contributed by atoms with Crippen molar-refractivity contribution in [3.8, 4) is 0 Å². The van der Waals surface area contributed by atoms with Crippen LogP contribution in [0.15, 0.2) is 77.7 Å². The number of carbonyl (C=O) groups is 2. The molecule has 1 N–H and O–H groups in total. The molecule has 1 aliphatic rings. The summed E-state index contributed by atoms with van der Waals surface area (Å²) in [7, 11) is -4.23. The highest BCUT2D eigenvalue weighted by Gasteiger charge is 2.35. The zero-order chi connectivity index (χ0) is 29.6.